The van der Waals surface area contributed by atoms with Crippen LogP contribution in [0.1, 0.15) is 86.9 Å². The number of nitrogens with zero attached hydrogens (tertiary/aromatic N) is 2. The van der Waals surface area contributed by atoms with Gasteiger partial charge in [-0.05, 0) is 75.4 Å². The maximum atomic E-state index is 13.6. The van der Waals surface area contributed by atoms with Gasteiger partial charge in [0.2, 0.25) is 11.8 Å². The molecule has 0 fully saturated rings. The Balaban J connectivity index is 1.85. The zero-order valence-electron chi connectivity index (χ0n) is 24.4. The van der Waals surface area contributed by atoms with Gasteiger partial charge in [-0.3, -0.25) is 19.2 Å². The minimum atomic E-state index is -0.412. The van der Waals surface area contributed by atoms with Crippen LogP contribution in [0.3, 0.4) is 0 Å². The number of benzene rings is 2. The number of hydrogen-bond donors (Lipinski definition) is 2. The average Bonchev–Trinajstić information content (AvgIpc) is 2.91. The zero-order chi connectivity index (χ0) is 29.1. The van der Waals surface area contributed by atoms with Gasteiger partial charge < -0.3 is 20.4 Å². The summed E-state index contributed by atoms with van der Waals surface area (Å²) in [6.45, 7) is 9.10. The van der Waals surface area contributed by atoms with E-state index in [0.717, 1.165) is 36.8 Å². The van der Waals surface area contributed by atoms with Crippen molar-refractivity contribution in [2.45, 2.75) is 71.8 Å². The third kappa shape index (κ3) is 9.50. The molecule has 0 aromatic heterocycles. The summed E-state index contributed by atoms with van der Waals surface area (Å²) in [6, 6.07) is 14.5. The molecule has 0 atom stereocenters. The Morgan fingerprint density at radius 3 is 1.75 bits per heavy atom. The van der Waals surface area contributed by atoms with Crippen molar-refractivity contribution in [3.63, 3.8) is 0 Å². The van der Waals surface area contributed by atoms with Crippen LogP contribution in [0.25, 0.3) is 11.1 Å². The molecule has 0 saturated heterocycles. The van der Waals surface area contributed by atoms with E-state index in [1.54, 1.807) is 28.0 Å². The van der Waals surface area contributed by atoms with Crippen LogP contribution in [0.5, 0.6) is 0 Å². The van der Waals surface area contributed by atoms with Crippen LogP contribution in [-0.2, 0) is 9.59 Å². The Bertz CT molecular complexity index is 1190. The van der Waals surface area contributed by atoms with E-state index in [9.17, 15) is 19.2 Å². The smallest absolute Gasteiger partial charge is 0.254 e. The highest BCUT2D eigenvalue weighted by atomic mass is 16.2. The SMILES string of the molecule is CCCCCCNC(=O)CN1CCCCN(CC(=O)NC(C)(C)C)C(=O)c2cccc(c2)-c2cccc(c2)C1=O. The zero-order valence-corrected chi connectivity index (χ0v) is 24.4. The molecule has 0 radical (unpaired) electrons. The van der Waals surface area contributed by atoms with Gasteiger partial charge in [0.15, 0.2) is 0 Å². The summed E-state index contributed by atoms with van der Waals surface area (Å²) in [4.78, 5) is 55.8. The molecule has 0 saturated carbocycles. The third-order valence-corrected chi connectivity index (χ3v) is 6.77. The molecule has 8 heteroatoms. The van der Waals surface area contributed by atoms with Gasteiger partial charge in [0.25, 0.3) is 11.8 Å². The van der Waals surface area contributed by atoms with Crippen molar-refractivity contribution in [1.82, 2.24) is 20.4 Å². The van der Waals surface area contributed by atoms with Crippen molar-refractivity contribution in [2.24, 2.45) is 0 Å². The van der Waals surface area contributed by atoms with Gasteiger partial charge in [-0.25, -0.2) is 0 Å². The van der Waals surface area contributed by atoms with Gasteiger partial charge >= 0.3 is 0 Å². The highest BCUT2D eigenvalue weighted by molar-refractivity contribution is 5.99. The summed E-state index contributed by atoms with van der Waals surface area (Å²) in [5.74, 6) is -0.813. The highest BCUT2D eigenvalue weighted by Crippen LogP contribution is 2.24. The summed E-state index contributed by atoms with van der Waals surface area (Å²) in [5, 5.41) is 5.88. The van der Waals surface area contributed by atoms with Crippen LogP contribution >= 0.6 is 0 Å². The molecule has 0 unspecified atom stereocenters. The molecule has 216 valence electrons. The van der Waals surface area contributed by atoms with Gasteiger partial charge in [0.1, 0.15) is 0 Å². The summed E-state index contributed by atoms with van der Waals surface area (Å²) in [7, 11) is 0. The number of carbonyl (C=O) groups excluding carboxylic acids is 4. The van der Waals surface area contributed by atoms with Crippen molar-refractivity contribution in [3.05, 3.63) is 59.7 Å². The summed E-state index contributed by atoms with van der Waals surface area (Å²) in [6.07, 6.45) is 5.41. The monoisotopic (exact) mass is 548 g/mol. The molecule has 4 bridgehead atoms. The van der Waals surface area contributed by atoms with E-state index >= 15 is 0 Å². The number of fused-ring (bicyclic) bond motifs is 5. The van der Waals surface area contributed by atoms with E-state index in [1.165, 1.54) is 0 Å². The maximum Gasteiger partial charge on any atom is 0.254 e. The maximum absolute atomic E-state index is 13.6. The minimum Gasteiger partial charge on any atom is -0.355 e. The number of carbonyl (C=O) groups is 4. The second kappa shape index (κ2) is 14.6. The molecule has 0 spiro atoms. The van der Waals surface area contributed by atoms with Crippen LogP contribution in [0, 0.1) is 0 Å². The van der Waals surface area contributed by atoms with Crippen molar-refractivity contribution in [3.8, 4) is 11.1 Å². The molecule has 3 rings (SSSR count). The molecule has 1 heterocycles. The molecule has 0 aliphatic carbocycles. The van der Waals surface area contributed by atoms with Crippen LogP contribution in [0.2, 0.25) is 0 Å². The van der Waals surface area contributed by atoms with Crippen LogP contribution in [0.4, 0.5) is 0 Å². The van der Waals surface area contributed by atoms with Crippen LogP contribution in [-0.4, -0.2) is 71.7 Å². The highest BCUT2D eigenvalue weighted by Gasteiger charge is 2.24. The van der Waals surface area contributed by atoms with Gasteiger partial charge in [-0.1, -0.05) is 50.5 Å². The Hall–Kier alpha value is -3.68. The van der Waals surface area contributed by atoms with Crippen molar-refractivity contribution in [2.75, 3.05) is 32.7 Å². The molecular weight excluding hydrogens is 504 g/mol. The first kappa shape index (κ1) is 30.9. The number of nitrogens with one attached hydrogen (secondary N) is 2. The second-order valence-corrected chi connectivity index (χ2v) is 11.5. The molecule has 40 heavy (non-hydrogen) atoms. The van der Waals surface area contributed by atoms with Gasteiger partial charge in [0.05, 0.1) is 13.1 Å². The molecule has 4 amide bonds. The Kier molecular flexibility index (Phi) is 11.3. The van der Waals surface area contributed by atoms with Crippen LogP contribution in [0.15, 0.2) is 48.5 Å². The molecule has 1 aliphatic heterocycles. The predicted molar refractivity (Wildman–Crippen MR) is 158 cm³/mol. The van der Waals surface area contributed by atoms with E-state index in [1.807, 2.05) is 51.1 Å². The molecule has 1 aliphatic rings. The van der Waals surface area contributed by atoms with Gasteiger partial charge in [0, 0.05) is 36.3 Å². The lowest BCUT2D eigenvalue weighted by Gasteiger charge is -2.27. The van der Waals surface area contributed by atoms with Crippen molar-refractivity contribution < 1.29 is 19.2 Å². The van der Waals surface area contributed by atoms with E-state index in [4.69, 9.17) is 0 Å². The van der Waals surface area contributed by atoms with E-state index < -0.39 is 5.54 Å². The first-order chi connectivity index (χ1) is 19.1. The lowest BCUT2D eigenvalue weighted by Crippen LogP contribution is -2.47. The lowest BCUT2D eigenvalue weighted by molar-refractivity contribution is -0.123. The van der Waals surface area contributed by atoms with Crippen molar-refractivity contribution >= 4 is 23.6 Å². The normalized spacial score (nSPS) is 14.5. The molecule has 2 aromatic carbocycles. The first-order valence-electron chi connectivity index (χ1n) is 14.4. The fourth-order valence-electron chi connectivity index (χ4n) is 4.78. The van der Waals surface area contributed by atoms with Gasteiger partial charge in [-0.15, -0.1) is 0 Å². The fraction of sp³-hybridized carbons (Fsp3) is 0.500. The third-order valence-electron chi connectivity index (χ3n) is 6.77. The number of hydrogen-bond acceptors (Lipinski definition) is 4. The van der Waals surface area contributed by atoms with E-state index in [2.05, 4.69) is 17.6 Å². The molecule has 2 aromatic rings. The van der Waals surface area contributed by atoms with E-state index in [-0.39, 0.29) is 36.7 Å². The largest absolute Gasteiger partial charge is 0.355 e. The Morgan fingerprint density at radius 1 is 0.750 bits per heavy atom. The minimum absolute atomic E-state index is 0.0248. The average molecular weight is 549 g/mol. The molecule has 2 N–H and O–H groups in total. The number of amides is 4. The summed E-state index contributed by atoms with van der Waals surface area (Å²) in [5.41, 5.74) is 2.18. The first-order valence-corrected chi connectivity index (χ1v) is 14.4. The number of rotatable bonds is 9. The summed E-state index contributed by atoms with van der Waals surface area (Å²) < 4.78 is 0. The van der Waals surface area contributed by atoms with Gasteiger partial charge in [-0.2, -0.15) is 0 Å². The molecule has 8 nitrogen and oxygen atoms in total. The fourth-order valence-corrected chi connectivity index (χ4v) is 4.78. The molecular formula is C32H44N4O4. The Labute approximate surface area is 238 Å². The Morgan fingerprint density at radius 2 is 1.25 bits per heavy atom. The predicted octanol–water partition coefficient (Wildman–Crippen LogP) is 4.64. The lowest BCUT2D eigenvalue weighted by atomic mass is 9.99. The van der Waals surface area contributed by atoms with Crippen LogP contribution < -0.4 is 10.6 Å². The standard InChI is InChI=1S/C32H44N4O4/c1-5-6-7-8-17-33-28(37)22-35-18-9-10-19-36(23-29(38)34-32(2,3)4)31(40)27-16-12-14-25(21-27)24-13-11-15-26(20-24)30(35)39/h11-16,20-21H,5-10,17-19,22-23H2,1-4H3,(H,33,37)(H,34,38). The topological polar surface area (TPSA) is 98.8 Å². The van der Waals surface area contributed by atoms with Crippen molar-refractivity contribution in [1.29, 1.82) is 0 Å². The second-order valence-electron chi connectivity index (χ2n) is 11.5. The quantitative estimate of drug-likeness (QED) is 0.446. The summed E-state index contributed by atoms with van der Waals surface area (Å²) >= 11 is 0. The number of unbranched alkanes of at least 4 members (excludes halogenated alkanes) is 3. The van der Waals surface area contributed by atoms with E-state index in [0.29, 0.717) is 43.6 Å².